The van der Waals surface area contributed by atoms with Crippen LogP contribution in [-0.2, 0) is 7.05 Å². The number of aromatic nitrogens is 3. The van der Waals surface area contributed by atoms with Crippen LogP contribution in [0.15, 0.2) is 48.8 Å². The molecule has 122 valence electrons. The van der Waals surface area contributed by atoms with Gasteiger partial charge in [-0.3, -0.25) is 9.67 Å². The van der Waals surface area contributed by atoms with Crippen LogP contribution in [0.2, 0.25) is 0 Å². The van der Waals surface area contributed by atoms with Gasteiger partial charge in [0.15, 0.2) is 0 Å². The lowest BCUT2D eigenvalue weighted by Gasteiger charge is -2.19. The highest BCUT2D eigenvalue weighted by Crippen LogP contribution is 2.38. The Balaban J connectivity index is 2.28. The Hall–Kier alpha value is -2.60. The van der Waals surface area contributed by atoms with Crippen LogP contribution in [0.5, 0.6) is 0 Å². The predicted octanol–water partition coefficient (Wildman–Crippen LogP) is 4.07. The molecular formula is C18H17FN4S. The van der Waals surface area contributed by atoms with Crippen LogP contribution < -0.4 is 4.90 Å². The van der Waals surface area contributed by atoms with Gasteiger partial charge in [-0.25, -0.2) is 4.39 Å². The Kier molecular flexibility index (Phi) is 4.40. The fraction of sp³-hybridized carbons (Fsp3) is 0.167. The topological polar surface area (TPSA) is 34.0 Å². The van der Waals surface area contributed by atoms with E-state index in [1.165, 1.54) is 12.1 Å². The van der Waals surface area contributed by atoms with Gasteiger partial charge in [0.25, 0.3) is 0 Å². The highest BCUT2D eigenvalue weighted by molar-refractivity contribution is 7.80. The smallest absolute Gasteiger partial charge is 0.139 e. The summed E-state index contributed by atoms with van der Waals surface area (Å²) in [6.45, 7) is 1.87. The summed E-state index contributed by atoms with van der Waals surface area (Å²) in [5.74, 6) is 0.611. The molecule has 3 rings (SSSR count). The molecule has 0 atom stereocenters. The van der Waals surface area contributed by atoms with Crippen molar-refractivity contribution in [1.29, 1.82) is 0 Å². The summed E-state index contributed by atoms with van der Waals surface area (Å²) in [6, 6.07) is 10.2. The maximum absolute atomic E-state index is 13.3. The van der Waals surface area contributed by atoms with E-state index in [1.54, 1.807) is 29.2 Å². The van der Waals surface area contributed by atoms with Gasteiger partial charge in [0.2, 0.25) is 0 Å². The van der Waals surface area contributed by atoms with Gasteiger partial charge in [-0.1, -0.05) is 12.2 Å². The predicted molar refractivity (Wildman–Crippen MR) is 98.5 cm³/mol. The van der Waals surface area contributed by atoms with Gasteiger partial charge in [0.1, 0.15) is 17.3 Å². The normalized spacial score (nSPS) is 10.7. The Bertz CT molecular complexity index is 872. The highest BCUT2D eigenvalue weighted by atomic mass is 32.1. The molecule has 0 aliphatic carbocycles. The SMILES string of the molecule is CC(=S)N(C)c1c(-c2ccncc2)c(-c2ccc(F)cc2)nn1C. The lowest BCUT2D eigenvalue weighted by molar-refractivity contribution is 0.628. The summed E-state index contributed by atoms with van der Waals surface area (Å²) in [7, 11) is 3.79. The number of pyridine rings is 1. The third-order valence-corrected chi connectivity index (χ3v) is 4.17. The minimum atomic E-state index is -0.271. The van der Waals surface area contributed by atoms with E-state index in [9.17, 15) is 4.39 Å². The number of aryl methyl sites for hydroxylation is 1. The van der Waals surface area contributed by atoms with Gasteiger partial charge in [0, 0.05) is 32.1 Å². The zero-order valence-corrected chi connectivity index (χ0v) is 14.5. The number of rotatable bonds is 3. The van der Waals surface area contributed by atoms with Crippen LogP contribution in [-0.4, -0.2) is 26.8 Å². The molecule has 0 amide bonds. The first-order valence-electron chi connectivity index (χ1n) is 7.46. The minimum absolute atomic E-state index is 0.271. The van der Waals surface area contributed by atoms with Crippen molar-refractivity contribution >= 4 is 23.0 Å². The molecule has 0 radical (unpaired) electrons. The summed E-state index contributed by atoms with van der Waals surface area (Å²) < 4.78 is 15.1. The maximum Gasteiger partial charge on any atom is 0.139 e. The molecule has 2 heterocycles. The van der Waals surface area contributed by atoms with Gasteiger partial charge >= 0.3 is 0 Å². The first kappa shape index (κ1) is 16.3. The molecule has 0 aliphatic rings. The van der Waals surface area contributed by atoms with Gasteiger partial charge in [-0.15, -0.1) is 0 Å². The minimum Gasteiger partial charge on any atom is -0.324 e. The maximum atomic E-state index is 13.3. The number of hydrogen-bond acceptors (Lipinski definition) is 3. The molecular weight excluding hydrogens is 323 g/mol. The molecule has 0 spiro atoms. The van der Waals surface area contributed by atoms with Gasteiger partial charge in [-0.05, 0) is 48.9 Å². The zero-order chi connectivity index (χ0) is 17.3. The molecule has 0 bridgehead atoms. The molecule has 2 aromatic heterocycles. The molecule has 1 aromatic carbocycles. The number of nitrogens with zero attached hydrogens (tertiary/aromatic N) is 4. The number of halogens is 1. The van der Waals surface area contributed by atoms with Crippen molar-refractivity contribution in [2.24, 2.45) is 7.05 Å². The number of hydrogen-bond donors (Lipinski definition) is 0. The molecule has 0 fully saturated rings. The number of thiocarbonyl (C=S) groups is 1. The van der Waals surface area contributed by atoms with E-state index < -0.39 is 0 Å². The average molecular weight is 340 g/mol. The van der Waals surface area contributed by atoms with Crippen molar-refractivity contribution in [3.8, 4) is 22.4 Å². The number of benzene rings is 1. The second kappa shape index (κ2) is 6.49. The van der Waals surface area contributed by atoms with Crippen LogP contribution in [0.25, 0.3) is 22.4 Å². The van der Waals surface area contributed by atoms with Crippen LogP contribution in [0.4, 0.5) is 10.2 Å². The van der Waals surface area contributed by atoms with Crippen LogP contribution in [0.3, 0.4) is 0 Å². The second-order valence-corrected chi connectivity index (χ2v) is 6.08. The van der Waals surface area contributed by atoms with Crippen LogP contribution in [0.1, 0.15) is 6.92 Å². The molecule has 4 nitrogen and oxygen atoms in total. The zero-order valence-electron chi connectivity index (χ0n) is 13.7. The molecule has 0 N–H and O–H groups in total. The monoisotopic (exact) mass is 340 g/mol. The van der Waals surface area contributed by atoms with Crippen molar-refractivity contribution in [3.63, 3.8) is 0 Å². The van der Waals surface area contributed by atoms with Crippen molar-refractivity contribution in [1.82, 2.24) is 14.8 Å². The Morgan fingerprint density at radius 1 is 1.08 bits per heavy atom. The molecule has 0 saturated heterocycles. The van der Waals surface area contributed by atoms with Crippen molar-refractivity contribution in [2.45, 2.75) is 6.92 Å². The Morgan fingerprint density at radius 3 is 2.29 bits per heavy atom. The fourth-order valence-corrected chi connectivity index (χ4v) is 2.73. The summed E-state index contributed by atoms with van der Waals surface area (Å²) in [6.07, 6.45) is 3.48. The quantitative estimate of drug-likeness (QED) is 0.673. The fourth-order valence-electron chi connectivity index (χ4n) is 2.64. The van der Waals surface area contributed by atoms with E-state index >= 15 is 0 Å². The van der Waals surface area contributed by atoms with Crippen LogP contribution >= 0.6 is 12.2 Å². The molecule has 6 heteroatoms. The third kappa shape index (κ3) is 2.92. The van der Waals surface area contributed by atoms with Crippen LogP contribution in [0, 0.1) is 5.82 Å². The number of anilines is 1. The van der Waals surface area contributed by atoms with Crippen molar-refractivity contribution in [2.75, 3.05) is 11.9 Å². The van der Waals surface area contributed by atoms with Crippen molar-refractivity contribution < 1.29 is 4.39 Å². The van der Waals surface area contributed by atoms with E-state index in [0.717, 1.165) is 33.2 Å². The molecule has 0 saturated carbocycles. The van der Waals surface area contributed by atoms with Crippen molar-refractivity contribution in [3.05, 3.63) is 54.6 Å². The first-order valence-corrected chi connectivity index (χ1v) is 7.87. The van der Waals surface area contributed by atoms with Gasteiger partial charge in [-0.2, -0.15) is 5.10 Å². The Morgan fingerprint density at radius 2 is 1.71 bits per heavy atom. The summed E-state index contributed by atoms with van der Waals surface area (Å²) in [5.41, 5.74) is 3.55. The summed E-state index contributed by atoms with van der Waals surface area (Å²) >= 11 is 5.34. The van der Waals surface area contributed by atoms with E-state index in [1.807, 2.05) is 38.1 Å². The van der Waals surface area contributed by atoms with E-state index in [2.05, 4.69) is 10.1 Å². The highest BCUT2D eigenvalue weighted by Gasteiger charge is 2.22. The molecule has 0 unspecified atom stereocenters. The Labute approximate surface area is 145 Å². The van der Waals surface area contributed by atoms with E-state index in [-0.39, 0.29) is 5.82 Å². The molecule has 24 heavy (non-hydrogen) atoms. The molecule has 0 aliphatic heterocycles. The van der Waals surface area contributed by atoms with Gasteiger partial charge < -0.3 is 4.90 Å². The molecule has 3 aromatic rings. The standard InChI is InChI=1S/C18H17FN4S/c1-12(24)22(2)18-16(13-8-10-20-11-9-13)17(21-23(18)3)14-4-6-15(19)7-5-14/h4-11H,1-3H3. The summed E-state index contributed by atoms with van der Waals surface area (Å²) in [5, 5.41) is 4.66. The lowest BCUT2D eigenvalue weighted by atomic mass is 10.0. The van der Waals surface area contributed by atoms with E-state index in [0.29, 0.717) is 0 Å². The largest absolute Gasteiger partial charge is 0.324 e. The summed E-state index contributed by atoms with van der Waals surface area (Å²) in [4.78, 5) is 6.74. The lowest BCUT2D eigenvalue weighted by Crippen LogP contribution is -2.24. The average Bonchev–Trinajstić information content (AvgIpc) is 2.92. The third-order valence-electron chi connectivity index (χ3n) is 3.89. The van der Waals surface area contributed by atoms with Gasteiger partial charge in [0.05, 0.1) is 10.6 Å². The second-order valence-electron chi connectivity index (χ2n) is 5.49. The van der Waals surface area contributed by atoms with E-state index in [4.69, 9.17) is 12.2 Å². The first-order chi connectivity index (χ1) is 11.5.